The maximum Gasteiger partial charge on any atom is 0.233 e. The zero-order valence-electron chi connectivity index (χ0n) is 6.65. The molecule has 0 fully saturated rings. The SMILES string of the molecule is NCc1cccc2c1S(=O)SC2=O. The van der Waals surface area contributed by atoms with Gasteiger partial charge >= 0.3 is 0 Å². The molecule has 3 nitrogen and oxygen atoms in total. The molecule has 0 radical (unpaired) electrons. The lowest BCUT2D eigenvalue weighted by Crippen LogP contribution is -2.01. The normalized spacial score (nSPS) is 20.4. The molecule has 1 unspecified atom stereocenters. The van der Waals surface area contributed by atoms with Crippen LogP contribution >= 0.6 is 10.8 Å². The van der Waals surface area contributed by atoms with Crippen molar-refractivity contribution < 1.29 is 9.00 Å². The van der Waals surface area contributed by atoms with E-state index in [-0.39, 0.29) is 5.12 Å². The number of rotatable bonds is 1. The first-order chi connectivity index (χ1) is 6.24. The molecule has 1 aliphatic heterocycles. The molecule has 2 rings (SSSR count). The fourth-order valence-electron chi connectivity index (χ4n) is 1.26. The highest BCUT2D eigenvalue weighted by molar-refractivity contribution is 8.76. The van der Waals surface area contributed by atoms with Crippen LogP contribution in [0.15, 0.2) is 23.1 Å². The van der Waals surface area contributed by atoms with E-state index in [4.69, 9.17) is 5.73 Å². The van der Waals surface area contributed by atoms with Crippen LogP contribution in [-0.2, 0) is 16.4 Å². The quantitative estimate of drug-likeness (QED) is 0.708. The Hall–Kier alpha value is -0.650. The van der Waals surface area contributed by atoms with Gasteiger partial charge in [-0.15, -0.1) is 0 Å². The summed E-state index contributed by atoms with van der Waals surface area (Å²) >= 11 is 0. The summed E-state index contributed by atoms with van der Waals surface area (Å²) < 4.78 is 11.5. The second-order valence-electron chi connectivity index (χ2n) is 2.60. The highest BCUT2D eigenvalue weighted by atomic mass is 33.1. The van der Waals surface area contributed by atoms with Crippen molar-refractivity contribution in [2.75, 3.05) is 0 Å². The van der Waals surface area contributed by atoms with Crippen LogP contribution in [0.4, 0.5) is 0 Å². The van der Waals surface area contributed by atoms with Crippen molar-refractivity contribution in [1.29, 1.82) is 0 Å². The van der Waals surface area contributed by atoms with E-state index in [1.807, 2.05) is 0 Å². The van der Waals surface area contributed by atoms with E-state index in [1.165, 1.54) is 0 Å². The number of fused-ring (bicyclic) bond motifs is 1. The minimum absolute atomic E-state index is 0.122. The number of benzene rings is 1. The fraction of sp³-hybridized carbons (Fsp3) is 0.125. The lowest BCUT2D eigenvalue weighted by atomic mass is 10.1. The van der Waals surface area contributed by atoms with E-state index in [0.717, 1.165) is 16.4 Å². The molecule has 1 aliphatic rings. The van der Waals surface area contributed by atoms with Gasteiger partial charge < -0.3 is 5.73 Å². The average molecular weight is 213 g/mol. The van der Waals surface area contributed by atoms with Crippen LogP contribution in [0, 0.1) is 0 Å². The molecule has 0 bridgehead atoms. The molecule has 68 valence electrons. The summed E-state index contributed by atoms with van der Waals surface area (Å²) in [6.07, 6.45) is 0. The minimum atomic E-state index is -1.25. The monoisotopic (exact) mass is 213 g/mol. The Bertz CT molecular complexity index is 403. The first-order valence-corrected chi connectivity index (χ1v) is 6.18. The van der Waals surface area contributed by atoms with Crippen LogP contribution in [0.1, 0.15) is 15.9 Å². The zero-order chi connectivity index (χ0) is 9.42. The summed E-state index contributed by atoms with van der Waals surface area (Å²) in [6, 6.07) is 5.26. The Morgan fingerprint density at radius 1 is 1.46 bits per heavy atom. The molecule has 1 aromatic carbocycles. The largest absolute Gasteiger partial charge is 0.326 e. The summed E-state index contributed by atoms with van der Waals surface area (Å²) in [5.74, 6) is 0. The Balaban J connectivity index is 2.69. The van der Waals surface area contributed by atoms with Crippen molar-refractivity contribution in [2.45, 2.75) is 11.4 Å². The third kappa shape index (κ3) is 1.33. The van der Waals surface area contributed by atoms with Crippen molar-refractivity contribution in [2.24, 2.45) is 5.73 Å². The van der Waals surface area contributed by atoms with E-state index >= 15 is 0 Å². The van der Waals surface area contributed by atoms with Gasteiger partial charge in [0, 0.05) is 22.9 Å². The number of hydrogen-bond acceptors (Lipinski definition) is 4. The standard InChI is InChI=1S/C8H7NO2S2/c9-4-5-2-1-3-6-7(5)13(11)12-8(6)10/h1-3H,4,9H2. The van der Waals surface area contributed by atoms with Gasteiger partial charge in [-0.2, -0.15) is 0 Å². The number of carbonyl (C=O) groups is 1. The van der Waals surface area contributed by atoms with Crippen LogP contribution in [0.25, 0.3) is 0 Å². The number of hydrogen-bond donors (Lipinski definition) is 1. The molecular formula is C8H7NO2S2. The van der Waals surface area contributed by atoms with Gasteiger partial charge in [-0.25, -0.2) is 4.21 Å². The van der Waals surface area contributed by atoms with Crippen molar-refractivity contribution in [3.05, 3.63) is 29.3 Å². The molecule has 1 atom stereocenters. The summed E-state index contributed by atoms with van der Waals surface area (Å²) in [6.45, 7) is 0.322. The molecule has 1 aromatic rings. The molecule has 2 N–H and O–H groups in total. The van der Waals surface area contributed by atoms with Gasteiger partial charge in [0.1, 0.15) is 9.83 Å². The first-order valence-electron chi connectivity index (χ1n) is 3.70. The Morgan fingerprint density at radius 2 is 2.23 bits per heavy atom. The van der Waals surface area contributed by atoms with Gasteiger partial charge in [0.15, 0.2) is 0 Å². The van der Waals surface area contributed by atoms with E-state index in [1.54, 1.807) is 18.2 Å². The van der Waals surface area contributed by atoms with Gasteiger partial charge in [0.25, 0.3) is 0 Å². The third-order valence-electron chi connectivity index (χ3n) is 1.85. The molecule has 0 saturated heterocycles. The molecule has 5 heteroatoms. The van der Waals surface area contributed by atoms with Gasteiger partial charge in [-0.3, -0.25) is 4.79 Å². The molecule has 0 saturated carbocycles. The van der Waals surface area contributed by atoms with Crippen molar-refractivity contribution in [3.63, 3.8) is 0 Å². The lowest BCUT2D eigenvalue weighted by molar-refractivity contribution is 0.108. The highest BCUT2D eigenvalue weighted by Gasteiger charge is 2.29. The van der Waals surface area contributed by atoms with Gasteiger partial charge in [-0.1, -0.05) is 12.1 Å². The van der Waals surface area contributed by atoms with Crippen molar-refractivity contribution in [1.82, 2.24) is 0 Å². The van der Waals surface area contributed by atoms with E-state index in [9.17, 15) is 9.00 Å². The molecular weight excluding hydrogens is 206 g/mol. The summed E-state index contributed by atoms with van der Waals surface area (Å²) in [7, 11) is -0.396. The molecule has 0 aliphatic carbocycles. The van der Waals surface area contributed by atoms with Crippen LogP contribution in [0.3, 0.4) is 0 Å². The van der Waals surface area contributed by atoms with Gasteiger partial charge in [0.2, 0.25) is 5.12 Å². The second-order valence-corrected chi connectivity index (χ2v) is 5.43. The van der Waals surface area contributed by atoms with Gasteiger partial charge in [-0.05, 0) is 11.6 Å². The predicted molar refractivity (Wildman–Crippen MR) is 52.7 cm³/mol. The summed E-state index contributed by atoms with van der Waals surface area (Å²) in [5.41, 5.74) is 6.82. The highest BCUT2D eigenvalue weighted by Crippen LogP contribution is 2.36. The topological polar surface area (TPSA) is 60.2 Å². The van der Waals surface area contributed by atoms with E-state index in [2.05, 4.69) is 0 Å². The zero-order valence-corrected chi connectivity index (χ0v) is 8.28. The Morgan fingerprint density at radius 3 is 2.92 bits per heavy atom. The van der Waals surface area contributed by atoms with Crippen LogP contribution in [0.2, 0.25) is 0 Å². The van der Waals surface area contributed by atoms with E-state index in [0.29, 0.717) is 17.0 Å². The predicted octanol–water partition coefficient (Wildman–Crippen LogP) is 1.05. The lowest BCUT2D eigenvalue weighted by Gasteiger charge is -2.01. The molecule has 1 heterocycles. The Labute approximate surface area is 81.6 Å². The number of nitrogens with two attached hydrogens (primary N) is 1. The third-order valence-corrected chi connectivity index (χ3v) is 4.60. The summed E-state index contributed by atoms with van der Waals surface area (Å²) in [5, 5.41) is -0.122. The number of carbonyl (C=O) groups excluding carboxylic acids is 1. The maximum atomic E-state index is 11.5. The molecule has 0 spiro atoms. The van der Waals surface area contributed by atoms with Gasteiger partial charge in [0.05, 0.1) is 4.90 Å². The minimum Gasteiger partial charge on any atom is -0.326 e. The maximum absolute atomic E-state index is 11.5. The molecule has 13 heavy (non-hydrogen) atoms. The second kappa shape index (κ2) is 3.25. The van der Waals surface area contributed by atoms with E-state index < -0.39 is 9.83 Å². The average Bonchev–Trinajstić information content (AvgIpc) is 2.43. The first kappa shape index (κ1) is 8.93. The van der Waals surface area contributed by atoms with Crippen LogP contribution in [-0.4, -0.2) is 9.32 Å². The van der Waals surface area contributed by atoms with Crippen molar-refractivity contribution in [3.8, 4) is 0 Å². The van der Waals surface area contributed by atoms with Crippen molar-refractivity contribution >= 4 is 25.7 Å². The molecule has 0 amide bonds. The molecule has 0 aromatic heterocycles. The Kier molecular flexibility index (Phi) is 2.23. The fourth-order valence-corrected chi connectivity index (χ4v) is 4.03. The smallest absolute Gasteiger partial charge is 0.233 e. The summed E-state index contributed by atoms with van der Waals surface area (Å²) in [4.78, 5) is 11.9. The van der Waals surface area contributed by atoms with Crippen LogP contribution < -0.4 is 5.73 Å². The van der Waals surface area contributed by atoms with Crippen LogP contribution in [0.5, 0.6) is 0 Å².